The number of hydrogen-bond donors (Lipinski definition) is 2. The number of fused-ring (bicyclic) bond motifs is 3. The number of urea groups is 1. The number of esters is 1. The lowest BCUT2D eigenvalue weighted by Gasteiger charge is -2.29. The molecule has 0 unspecified atom stereocenters. The molecule has 7 heteroatoms. The van der Waals surface area contributed by atoms with Crippen LogP contribution < -0.4 is 10.1 Å². The van der Waals surface area contributed by atoms with Crippen molar-refractivity contribution in [3.63, 3.8) is 0 Å². The van der Waals surface area contributed by atoms with Crippen molar-refractivity contribution in [1.82, 2.24) is 9.88 Å². The molecule has 0 saturated heterocycles. The molecule has 0 radical (unpaired) electrons. The summed E-state index contributed by atoms with van der Waals surface area (Å²) < 4.78 is 11.3. The molecule has 2 heterocycles. The van der Waals surface area contributed by atoms with Gasteiger partial charge in [0.2, 0.25) is 0 Å². The highest BCUT2D eigenvalue weighted by atomic mass is 16.5. The predicted molar refractivity (Wildman–Crippen MR) is 145 cm³/mol. The molecule has 0 atom stereocenters. The van der Waals surface area contributed by atoms with E-state index in [2.05, 4.69) is 24.1 Å². The third-order valence-corrected chi connectivity index (χ3v) is 6.32. The maximum absolute atomic E-state index is 13.5. The van der Waals surface area contributed by atoms with Gasteiger partial charge in [0.05, 0.1) is 17.9 Å². The minimum absolute atomic E-state index is 0.232. The molecule has 1 aromatic heterocycles. The van der Waals surface area contributed by atoms with E-state index in [1.165, 1.54) is 0 Å². The first-order valence-corrected chi connectivity index (χ1v) is 12.3. The van der Waals surface area contributed by atoms with Gasteiger partial charge < -0.3 is 19.8 Å². The number of nitrogens with zero attached hydrogens (tertiary/aromatic N) is 1. The molecule has 0 fully saturated rings. The summed E-state index contributed by atoms with van der Waals surface area (Å²) in [5, 5.41) is 3.97. The van der Waals surface area contributed by atoms with Crippen LogP contribution in [0.5, 0.6) is 11.5 Å². The summed E-state index contributed by atoms with van der Waals surface area (Å²) in [4.78, 5) is 31.5. The lowest BCUT2D eigenvalue weighted by molar-refractivity contribution is -0.136. The number of hydrogen-bond acceptors (Lipinski definition) is 4. The molecule has 4 aromatic rings. The van der Waals surface area contributed by atoms with Gasteiger partial charge in [-0.25, -0.2) is 9.59 Å². The number of H-pyrrole nitrogens is 1. The van der Waals surface area contributed by atoms with Crippen molar-refractivity contribution in [3.8, 4) is 11.5 Å². The molecular formula is C30H29N3O4. The summed E-state index contributed by atoms with van der Waals surface area (Å²) in [5.41, 5.74) is 3.03. The fraction of sp³-hybridized carbons (Fsp3) is 0.200. The normalized spacial score (nSPS) is 14.4. The van der Waals surface area contributed by atoms with E-state index in [4.69, 9.17) is 9.47 Å². The fourth-order valence-corrected chi connectivity index (χ4v) is 4.77. The van der Waals surface area contributed by atoms with E-state index in [1.807, 2.05) is 66.7 Å². The van der Waals surface area contributed by atoms with E-state index >= 15 is 0 Å². The Kier molecular flexibility index (Phi) is 6.44. The van der Waals surface area contributed by atoms with Crippen molar-refractivity contribution in [2.45, 2.75) is 26.2 Å². The summed E-state index contributed by atoms with van der Waals surface area (Å²) in [7, 11) is 0. The second-order valence-electron chi connectivity index (χ2n) is 9.57. The van der Waals surface area contributed by atoms with Gasteiger partial charge >= 0.3 is 12.0 Å². The Labute approximate surface area is 215 Å². The van der Waals surface area contributed by atoms with Crippen LogP contribution in [0.3, 0.4) is 0 Å². The number of ether oxygens (including phenoxy) is 2. The zero-order valence-corrected chi connectivity index (χ0v) is 21.1. The molecule has 0 bridgehead atoms. The monoisotopic (exact) mass is 495 g/mol. The lowest BCUT2D eigenvalue weighted by Crippen LogP contribution is -2.39. The van der Waals surface area contributed by atoms with Crippen LogP contribution in [0, 0.1) is 0 Å². The first-order chi connectivity index (χ1) is 17.9. The Morgan fingerprint density at radius 2 is 1.70 bits per heavy atom. The van der Waals surface area contributed by atoms with Crippen LogP contribution >= 0.6 is 0 Å². The average molecular weight is 496 g/mol. The number of amides is 2. The van der Waals surface area contributed by atoms with Crippen LogP contribution in [0.1, 0.15) is 32.0 Å². The Morgan fingerprint density at radius 3 is 2.49 bits per heavy atom. The fourth-order valence-electron chi connectivity index (χ4n) is 4.77. The highest BCUT2D eigenvalue weighted by Gasteiger charge is 2.37. The number of anilines is 1. The first kappa shape index (κ1) is 24.2. The van der Waals surface area contributed by atoms with Crippen molar-refractivity contribution in [2.24, 2.45) is 0 Å². The number of benzene rings is 3. The van der Waals surface area contributed by atoms with Crippen LogP contribution in [-0.4, -0.2) is 35.0 Å². The quantitative estimate of drug-likeness (QED) is 0.302. The van der Waals surface area contributed by atoms with Crippen LogP contribution in [0.4, 0.5) is 10.5 Å². The van der Waals surface area contributed by atoms with E-state index in [9.17, 15) is 9.59 Å². The van der Waals surface area contributed by atoms with Crippen LogP contribution in [0.2, 0.25) is 0 Å². The van der Waals surface area contributed by atoms with E-state index in [0.29, 0.717) is 35.0 Å². The number of carbonyl (C=O) groups is 2. The molecule has 1 aliphatic heterocycles. The third kappa shape index (κ3) is 4.93. The SMILES string of the molecule is CCOC(=O)C1=CN(C(=O)Nc2cccc(Oc3ccccc3)c2)CC(C)(C)c2c1[nH]c1ccccc21. The third-order valence-electron chi connectivity index (χ3n) is 6.32. The van der Waals surface area contributed by atoms with Crippen molar-refractivity contribution in [3.05, 3.63) is 96.3 Å². The molecule has 3 aromatic carbocycles. The topological polar surface area (TPSA) is 83.7 Å². The number of aromatic nitrogens is 1. The van der Waals surface area contributed by atoms with Crippen molar-refractivity contribution < 1.29 is 19.1 Å². The number of carbonyl (C=O) groups excluding carboxylic acids is 2. The molecule has 0 aliphatic carbocycles. The smallest absolute Gasteiger partial charge is 0.341 e. The summed E-state index contributed by atoms with van der Waals surface area (Å²) in [6.45, 7) is 6.50. The van der Waals surface area contributed by atoms with Gasteiger partial charge in [0, 0.05) is 40.8 Å². The Morgan fingerprint density at radius 1 is 0.973 bits per heavy atom. The van der Waals surface area contributed by atoms with Crippen LogP contribution in [0.15, 0.2) is 85.1 Å². The zero-order chi connectivity index (χ0) is 26.0. The molecule has 7 nitrogen and oxygen atoms in total. The lowest BCUT2D eigenvalue weighted by atomic mass is 9.82. The van der Waals surface area contributed by atoms with Crippen molar-refractivity contribution >= 4 is 34.2 Å². The predicted octanol–water partition coefficient (Wildman–Crippen LogP) is 6.69. The minimum Gasteiger partial charge on any atom is -0.462 e. The van der Waals surface area contributed by atoms with Gasteiger partial charge in [-0.15, -0.1) is 0 Å². The van der Waals surface area contributed by atoms with E-state index in [0.717, 1.165) is 16.5 Å². The van der Waals surface area contributed by atoms with Crippen LogP contribution in [-0.2, 0) is 14.9 Å². The van der Waals surface area contributed by atoms with Gasteiger partial charge in [-0.05, 0) is 42.8 Å². The maximum atomic E-state index is 13.5. The Balaban J connectivity index is 1.47. The van der Waals surface area contributed by atoms with E-state index in [1.54, 1.807) is 30.2 Å². The molecule has 2 N–H and O–H groups in total. The van der Waals surface area contributed by atoms with Gasteiger partial charge in [-0.3, -0.25) is 4.90 Å². The average Bonchev–Trinajstić information content (AvgIpc) is 3.22. The van der Waals surface area contributed by atoms with Gasteiger partial charge in [0.1, 0.15) is 11.5 Å². The van der Waals surface area contributed by atoms with Crippen molar-refractivity contribution in [2.75, 3.05) is 18.5 Å². The maximum Gasteiger partial charge on any atom is 0.341 e. The zero-order valence-electron chi connectivity index (χ0n) is 21.1. The van der Waals surface area contributed by atoms with Gasteiger partial charge in [-0.1, -0.05) is 56.3 Å². The summed E-state index contributed by atoms with van der Waals surface area (Å²) >= 11 is 0. The summed E-state index contributed by atoms with van der Waals surface area (Å²) in [5.74, 6) is 0.823. The second kappa shape index (κ2) is 9.85. The van der Waals surface area contributed by atoms with Crippen LogP contribution in [0.25, 0.3) is 16.5 Å². The van der Waals surface area contributed by atoms with Gasteiger partial charge in [0.15, 0.2) is 0 Å². The number of para-hydroxylation sites is 2. The Bertz CT molecular complexity index is 1490. The molecule has 1 aliphatic rings. The van der Waals surface area contributed by atoms with Crippen molar-refractivity contribution in [1.29, 1.82) is 0 Å². The summed E-state index contributed by atoms with van der Waals surface area (Å²) in [6, 6.07) is 24.2. The van der Waals surface area contributed by atoms with E-state index < -0.39 is 11.4 Å². The first-order valence-electron chi connectivity index (χ1n) is 12.3. The van der Waals surface area contributed by atoms with Gasteiger partial charge in [0.25, 0.3) is 0 Å². The molecule has 37 heavy (non-hydrogen) atoms. The molecule has 0 spiro atoms. The number of aromatic amines is 1. The number of rotatable bonds is 5. The Hall–Kier alpha value is -4.52. The highest BCUT2D eigenvalue weighted by molar-refractivity contribution is 6.18. The standard InChI is InChI=1S/C30H29N3O4/c1-4-36-28(34)24-18-33(19-30(2,3)26-23-15-8-9-16-25(23)32-27(24)26)29(35)31-20-11-10-14-22(17-20)37-21-12-6-5-7-13-21/h5-18,32H,4,19H2,1-3H3,(H,31,35). The van der Waals surface area contributed by atoms with E-state index in [-0.39, 0.29) is 12.6 Å². The van der Waals surface area contributed by atoms with Gasteiger partial charge in [-0.2, -0.15) is 0 Å². The largest absolute Gasteiger partial charge is 0.462 e. The molecule has 5 rings (SSSR count). The molecule has 2 amide bonds. The number of nitrogens with one attached hydrogen (secondary N) is 2. The molecular weight excluding hydrogens is 466 g/mol. The second-order valence-corrected chi connectivity index (χ2v) is 9.57. The highest BCUT2D eigenvalue weighted by Crippen LogP contribution is 2.40. The molecule has 0 saturated carbocycles. The summed E-state index contributed by atoms with van der Waals surface area (Å²) in [6.07, 6.45) is 1.58. The molecule has 188 valence electrons. The minimum atomic E-state index is -0.482.